The van der Waals surface area contributed by atoms with Gasteiger partial charge in [-0.3, -0.25) is 10.1 Å². The highest BCUT2D eigenvalue weighted by atomic mass is 32.1. The Morgan fingerprint density at radius 3 is 2.61 bits per heavy atom. The third kappa shape index (κ3) is 5.05. The Bertz CT molecular complexity index is 1260. The number of fused-ring (bicyclic) bond motifs is 1. The molecule has 4 rings (SSSR count). The van der Waals surface area contributed by atoms with Crippen molar-refractivity contribution in [2.45, 2.75) is 27.2 Å². The average Bonchev–Trinajstić information content (AvgIpc) is 3.14. The summed E-state index contributed by atoms with van der Waals surface area (Å²) in [6.07, 6.45) is 0.995. The van der Waals surface area contributed by atoms with Crippen molar-refractivity contribution in [3.05, 3.63) is 70.7 Å². The van der Waals surface area contributed by atoms with E-state index in [0.29, 0.717) is 22.8 Å². The molecular formula is C26H28N4O2S. The number of aliphatic hydroxyl groups excluding tert-OH is 1. The Morgan fingerprint density at radius 2 is 1.88 bits per heavy atom. The molecule has 0 aliphatic carbocycles. The number of aromatic nitrogens is 2. The molecule has 0 aliphatic heterocycles. The Balaban J connectivity index is 1.69. The summed E-state index contributed by atoms with van der Waals surface area (Å²) in [5.74, 6) is -0.218. The van der Waals surface area contributed by atoms with Gasteiger partial charge in [0.25, 0.3) is 5.91 Å². The van der Waals surface area contributed by atoms with Gasteiger partial charge in [-0.1, -0.05) is 37.3 Å². The molecule has 0 atom stereocenters. The quantitative estimate of drug-likeness (QED) is 0.366. The normalized spacial score (nSPS) is 11.0. The number of hydrogen-bond acceptors (Lipinski definition) is 6. The Morgan fingerprint density at radius 1 is 1.06 bits per heavy atom. The van der Waals surface area contributed by atoms with Crippen molar-refractivity contribution in [3.63, 3.8) is 0 Å². The molecule has 1 amide bonds. The number of pyridine rings is 1. The molecule has 0 radical (unpaired) electrons. The number of hydrogen-bond donors (Lipinski definition) is 2. The van der Waals surface area contributed by atoms with Gasteiger partial charge in [-0.2, -0.15) is 0 Å². The predicted octanol–water partition coefficient (Wildman–Crippen LogP) is 5.44. The molecule has 7 heteroatoms. The van der Waals surface area contributed by atoms with Crippen LogP contribution in [0.15, 0.2) is 54.6 Å². The smallest absolute Gasteiger partial charge is 0.259 e. The lowest BCUT2D eigenvalue weighted by atomic mass is 10.1. The summed E-state index contributed by atoms with van der Waals surface area (Å²) in [4.78, 5) is 25.6. The lowest BCUT2D eigenvalue weighted by molar-refractivity contribution is 0.102. The number of carbonyl (C=O) groups is 1. The fourth-order valence-electron chi connectivity index (χ4n) is 3.80. The highest BCUT2D eigenvalue weighted by molar-refractivity contribution is 7.15. The van der Waals surface area contributed by atoms with Crippen molar-refractivity contribution in [2.75, 3.05) is 29.9 Å². The summed E-state index contributed by atoms with van der Waals surface area (Å²) in [5, 5.41) is 13.9. The Hall–Kier alpha value is -3.29. The third-order valence-electron chi connectivity index (χ3n) is 5.58. The van der Waals surface area contributed by atoms with E-state index in [9.17, 15) is 9.90 Å². The predicted molar refractivity (Wildman–Crippen MR) is 136 cm³/mol. The first-order valence-electron chi connectivity index (χ1n) is 11.1. The molecule has 0 fully saturated rings. The highest BCUT2D eigenvalue weighted by Gasteiger charge is 2.15. The minimum absolute atomic E-state index is 0.106. The van der Waals surface area contributed by atoms with Gasteiger partial charge in [-0.05, 0) is 44.5 Å². The molecule has 2 aromatic carbocycles. The van der Waals surface area contributed by atoms with Crippen molar-refractivity contribution >= 4 is 39.0 Å². The lowest BCUT2D eigenvalue weighted by Gasteiger charge is -2.23. The number of thiazole rings is 1. The number of aryl methyl sites for hydroxylation is 2. The van der Waals surface area contributed by atoms with Crippen LogP contribution in [0.4, 0.5) is 10.8 Å². The second kappa shape index (κ2) is 10.1. The molecule has 0 spiro atoms. The van der Waals surface area contributed by atoms with E-state index in [0.717, 1.165) is 45.9 Å². The second-order valence-electron chi connectivity index (χ2n) is 7.95. The zero-order chi connectivity index (χ0) is 23.4. The number of para-hydroxylation sites is 1. The zero-order valence-electron chi connectivity index (χ0n) is 19.1. The molecule has 4 aromatic rings. The number of rotatable bonds is 8. The number of nitrogens with zero attached hydrogens (tertiary/aromatic N) is 3. The molecule has 2 heterocycles. The second-order valence-corrected chi connectivity index (χ2v) is 9.15. The molecule has 2 aromatic heterocycles. The van der Waals surface area contributed by atoms with Crippen molar-refractivity contribution in [2.24, 2.45) is 0 Å². The van der Waals surface area contributed by atoms with Crippen LogP contribution < -0.4 is 10.2 Å². The first kappa shape index (κ1) is 22.9. The van der Waals surface area contributed by atoms with Crippen molar-refractivity contribution in [1.82, 2.24) is 9.97 Å². The summed E-state index contributed by atoms with van der Waals surface area (Å²) >= 11 is 1.47. The standard InChI is InChI=1S/C26H28N4O2S/c1-4-13-30(14-15-31)21-9-5-8-20(16-21)23-12-11-19-7-6-10-22(24(19)28-23)25(32)29-26-27-17(2)18(3)33-26/h5-12,16,31H,4,13-15H2,1-3H3,(H,27,29,32). The van der Waals surface area contributed by atoms with Gasteiger partial charge in [-0.15, -0.1) is 11.3 Å². The summed E-state index contributed by atoms with van der Waals surface area (Å²) in [7, 11) is 0. The first-order valence-corrected chi connectivity index (χ1v) is 11.9. The number of nitrogens with one attached hydrogen (secondary N) is 1. The number of benzene rings is 2. The maximum absolute atomic E-state index is 13.1. The van der Waals surface area contributed by atoms with E-state index in [2.05, 4.69) is 28.2 Å². The largest absolute Gasteiger partial charge is 0.395 e. The van der Waals surface area contributed by atoms with Crippen LogP contribution in [0.2, 0.25) is 0 Å². The molecule has 0 bridgehead atoms. The fourth-order valence-corrected chi connectivity index (χ4v) is 4.61. The summed E-state index contributed by atoms with van der Waals surface area (Å²) < 4.78 is 0. The third-order valence-corrected chi connectivity index (χ3v) is 6.57. The van der Waals surface area contributed by atoms with Crippen LogP contribution in [-0.2, 0) is 0 Å². The molecule has 2 N–H and O–H groups in total. The van der Waals surface area contributed by atoms with E-state index >= 15 is 0 Å². The number of anilines is 2. The van der Waals surface area contributed by atoms with Gasteiger partial charge in [-0.25, -0.2) is 9.97 Å². The van der Waals surface area contributed by atoms with E-state index in [1.54, 1.807) is 6.07 Å². The maximum Gasteiger partial charge on any atom is 0.259 e. The van der Waals surface area contributed by atoms with E-state index in [1.807, 2.05) is 56.3 Å². The SMILES string of the molecule is CCCN(CCO)c1cccc(-c2ccc3cccc(C(=O)Nc4nc(C)c(C)s4)c3n2)c1. The maximum atomic E-state index is 13.1. The van der Waals surface area contributed by atoms with Crippen molar-refractivity contribution < 1.29 is 9.90 Å². The fraction of sp³-hybridized carbons (Fsp3) is 0.269. The Labute approximate surface area is 197 Å². The van der Waals surface area contributed by atoms with Crippen LogP contribution >= 0.6 is 11.3 Å². The van der Waals surface area contributed by atoms with Crippen LogP contribution in [0.1, 0.15) is 34.3 Å². The van der Waals surface area contributed by atoms with Crippen LogP contribution in [-0.4, -0.2) is 40.7 Å². The van der Waals surface area contributed by atoms with Gasteiger partial charge < -0.3 is 10.0 Å². The summed E-state index contributed by atoms with van der Waals surface area (Å²) in [6.45, 7) is 7.61. The number of aliphatic hydroxyl groups is 1. The van der Waals surface area contributed by atoms with E-state index in [-0.39, 0.29) is 12.5 Å². The van der Waals surface area contributed by atoms with Gasteiger partial charge in [0.15, 0.2) is 5.13 Å². The van der Waals surface area contributed by atoms with Crippen molar-refractivity contribution in [3.8, 4) is 11.3 Å². The first-order chi connectivity index (χ1) is 16.0. The molecule has 0 saturated heterocycles. The highest BCUT2D eigenvalue weighted by Crippen LogP contribution is 2.28. The molecular weight excluding hydrogens is 432 g/mol. The van der Waals surface area contributed by atoms with E-state index in [4.69, 9.17) is 4.98 Å². The van der Waals surface area contributed by atoms with Crippen LogP contribution in [0.5, 0.6) is 0 Å². The van der Waals surface area contributed by atoms with Crippen LogP contribution in [0.25, 0.3) is 22.2 Å². The van der Waals surface area contributed by atoms with Gasteiger partial charge in [0, 0.05) is 34.6 Å². The van der Waals surface area contributed by atoms with E-state index < -0.39 is 0 Å². The Kier molecular flexibility index (Phi) is 7.01. The van der Waals surface area contributed by atoms with Crippen LogP contribution in [0, 0.1) is 13.8 Å². The number of carbonyl (C=O) groups excluding carboxylic acids is 1. The van der Waals surface area contributed by atoms with Gasteiger partial charge in [0.05, 0.1) is 29.1 Å². The number of amides is 1. The molecule has 0 aliphatic rings. The minimum Gasteiger partial charge on any atom is -0.395 e. The van der Waals surface area contributed by atoms with Gasteiger partial charge >= 0.3 is 0 Å². The zero-order valence-corrected chi connectivity index (χ0v) is 19.9. The summed E-state index contributed by atoms with van der Waals surface area (Å²) in [6, 6.07) is 17.8. The molecule has 170 valence electrons. The monoisotopic (exact) mass is 460 g/mol. The van der Waals surface area contributed by atoms with E-state index in [1.165, 1.54) is 11.3 Å². The molecule has 33 heavy (non-hydrogen) atoms. The average molecular weight is 461 g/mol. The lowest BCUT2D eigenvalue weighted by Crippen LogP contribution is -2.27. The molecule has 0 saturated carbocycles. The van der Waals surface area contributed by atoms with Gasteiger partial charge in [0.1, 0.15) is 0 Å². The van der Waals surface area contributed by atoms with Crippen LogP contribution in [0.3, 0.4) is 0 Å². The molecule has 0 unspecified atom stereocenters. The summed E-state index contributed by atoms with van der Waals surface area (Å²) in [5.41, 5.74) is 4.91. The molecule has 6 nitrogen and oxygen atoms in total. The van der Waals surface area contributed by atoms with Gasteiger partial charge in [0.2, 0.25) is 0 Å². The topological polar surface area (TPSA) is 78.4 Å². The van der Waals surface area contributed by atoms with Crippen molar-refractivity contribution in [1.29, 1.82) is 0 Å². The minimum atomic E-state index is -0.218.